The van der Waals surface area contributed by atoms with E-state index in [0.717, 1.165) is 11.3 Å². The van der Waals surface area contributed by atoms with Crippen LogP contribution in [-0.4, -0.2) is 17.3 Å². The fourth-order valence-electron chi connectivity index (χ4n) is 2.28. The number of para-hydroxylation sites is 1. The number of anilines is 1. The van der Waals surface area contributed by atoms with Crippen molar-refractivity contribution in [3.63, 3.8) is 0 Å². The second kappa shape index (κ2) is 6.18. The largest absolute Gasteiger partial charge is 0.291 e. The molecule has 0 fully saturated rings. The van der Waals surface area contributed by atoms with Crippen molar-refractivity contribution in [2.45, 2.75) is 5.92 Å². The Balaban J connectivity index is 1.87. The Kier molecular flexibility index (Phi) is 3.92. The van der Waals surface area contributed by atoms with Crippen LogP contribution in [0.15, 0.2) is 77.9 Å². The molecule has 108 valence electrons. The normalized spacial score (nSPS) is 19.5. The van der Waals surface area contributed by atoms with Gasteiger partial charge in [-0.05, 0) is 23.8 Å². The van der Waals surface area contributed by atoms with Crippen molar-refractivity contribution < 1.29 is 9.59 Å². The maximum atomic E-state index is 12.5. The molecule has 0 heterocycles. The number of Topliss-reactive ketones (excluding diaryl/α,β-unsaturated/α-hetero) is 1. The molecule has 1 unspecified atom stereocenters. The molecule has 0 amide bonds. The highest BCUT2D eigenvalue weighted by Gasteiger charge is 2.30. The van der Waals surface area contributed by atoms with Crippen molar-refractivity contribution in [2.24, 2.45) is 5.10 Å². The fraction of sp³-hybridized carbons (Fsp3) is 0.0556. The number of ketones is 2. The van der Waals surface area contributed by atoms with Gasteiger partial charge in [-0.15, -0.1) is 0 Å². The summed E-state index contributed by atoms with van der Waals surface area (Å²) < 4.78 is 0. The molecule has 0 aliphatic heterocycles. The first-order valence-electron chi connectivity index (χ1n) is 6.96. The zero-order valence-corrected chi connectivity index (χ0v) is 11.8. The van der Waals surface area contributed by atoms with Crippen molar-refractivity contribution in [2.75, 3.05) is 5.43 Å². The van der Waals surface area contributed by atoms with Gasteiger partial charge in [-0.25, -0.2) is 0 Å². The first kappa shape index (κ1) is 13.9. The van der Waals surface area contributed by atoms with Gasteiger partial charge in [-0.2, -0.15) is 5.10 Å². The van der Waals surface area contributed by atoms with Gasteiger partial charge in [0.2, 0.25) is 5.78 Å². The van der Waals surface area contributed by atoms with Crippen LogP contribution in [0.4, 0.5) is 5.69 Å². The Labute approximate surface area is 128 Å². The quantitative estimate of drug-likeness (QED) is 0.884. The number of carbonyl (C=O) groups excluding carboxylic acids is 2. The lowest BCUT2D eigenvalue weighted by molar-refractivity contribution is -0.116. The molecular formula is C18H14N2O2. The zero-order chi connectivity index (χ0) is 15.4. The summed E-state index contributed by atoms with van der Waals surface area (Å²) in [5.41, 5.74) is 4.26. The molecule has 0 saturated carbocycles. The zero-order valence-electron chi connectivity index (χ0n) is 11.8. The number of benzene rings is 2. The molecule has 2 aromatic rings. The van der Waals surface area contributed by atoms with Crippen LogP contribution in [0.25, 0.3) is 0 Å². The van der Waals surface area contributed by atoms with E-state index in [0.29, 0.717) is 0 Å². The van der Waals surface area contributed by atoms with Crippen LogP contribution in [-0.2, 0) is 9.59 Å². The van der Waals surface area contributed by atoms with E-state index in [-0.39, 0.29) is 17.3 Å². The van der Waals surface area contributed by atoms with Crippen molar-refractivity contribution in [1.82, 2.24) is 0 Å². The third kappa shape index (κ3) is 2.86. The smallest absolute Gasteiger partial charge is 0.209 e. The molecule has 3 rings (SSSR count). The number of nitrogens with one attached hydrogen (secondary N) is 1. The van der Waals surface area contributed by atoms with Crippen molar-refractivity contribution in [3.05, 3.63) is 78.4 Å². The van der Waals surface area contributed by atoms with E-state index in [4.69, 9.17) is 0 Å². The fourth-order valence-corrected chi connectivity index (χ4v) is 2.28. The summed E-state index contributed by atoms with van der Waals surface area (Å²) in [6, 6.07) is 18.5. The number of allylic oxidation sites excluding steroid dienone is 2. The average Bonchev–Trinajstić information content (AvgIpc) is 2.56. The Hall–Kier alpha value is -3.01. The lowest BCUT2D eigenvalue weighted by Crippen LogP contribution is -2.32. The van der Waals surface area contributed by atoms with Crippen LogP contribution in [0.5, 0.6) is 0 Å². The minimum Gasteiger partial charge on any atom is -0.291 e. The molecule has 1 atom stereocenters. The monoisotopic (exact) mass is 290 g/mol. The van der Waals surface area contributed by atoms with E-state index < -0.39 is 5.92 Å². The van der Waals surface area contributed by atoms with Crippen molar-refractivity contribution in [3.8, 4) is 0 Å². The van der Waals surface area contributed by atoms with Gasteiger partial charge in [0.05, 0.1) is 11.6 Å². The topological polar surface area (TPSA) is 58.5 Å². The summed E-state index contributed by atoms with van der Waals surface area (Å²) in [5.74, 6) is -1.13. The van der Waals surface area contributed by atoms with Crippen LogP contribution in [0, 0.1) is 0 Å². The summed E-state index contributed by atoms with van der Waals surface area (Å²) in [6.45, 7) is 0. The second-order valence-corrected chi connectivity index (χ2v) is 4.91. The Morgan fingerprint density at radius 2 is 1.50 bits per heavy atom. The third-order valence-electron chi connectivity index (χ3n) is 3.42. The van der Waals surface area contributed by atoms with Crippen LogP contribution >= 0.6 is 0 Å². The van der Waals surface area contributed by atoms with Gasteiger partial charge < -0.3 is 0 Å². The van der Waals surface area contributed by atoms with E-state index in [2.05, 4.69) is 10.5 Å². The molecule has 1 aliphatic rings. The van der Waals surface area contributed by atoms with Crippen LogP contribution in [0.1, 0.15) is 11.5 Å². The lowest BCUT2D eigenvalue weighted by Gasteiger charge is -2.16. The van der Waals surface area contributed by atoms with Crippen LogP contribution in [0.3, 0.4) is 0 Å². The highest BCUT2D eigenvalue weighted by molar-refractivity contribution is 6.70. The third-order valence-corrected chi connectivity index (χ3v) is 3.42. The van der Waals surface area contributed by atoms with E-state index in [9.17, 15) is 9.59 Å². The molecule has 4 nitrogen and oxygen atoms in total. The van der Waals surface area contributed by atoms with E-state index in [1.54, 1.807) is 6.08 Å². The van der Waals surface area contributed by atoms with Crippen LogP contribution < -0.4 is 5.43 Å². The second-order valence-electron chi connectivity index (χ2n) is 4.91. The van der Waals surface area contributed by atoms with E-state index >= 15 is 0 Å². The molecule has 0 bridgehead atoms. The SMILES string of the molecule is O=C1C=CC(c2ccccc2)C(=O)C1=NNc1ccccc1. The Morgan fingerprint density at radius 1 is 0.864 bits per heavy atom. The summed E-state index contributed by atoms with van der Waals surface area (Å²) in [4.78, 5) is 24.4. The minimum absolute atomic E-state index is 0.0693. The highest BCUT2D eigenvalue weighted by atomic mass is 16.2. The minimum atomic E-state index is -0.463. The van der Waals surface area contributed by atoms with E-state index in [1.165, 1.54) is 6.08 Å². The molecule has 2 aromatic carbocycles. The molecular weight excluding hydrogens is 276 g/mol. The Bertz CT molecular complexity index is 749. The van der Waals surface area contributed by atoms with Crippen molar-refractivity contribution >= 4 is 23.0 Å². The predicted octanol–water partition coefficient (Wildman–Crippen LogP) is 2.95. The van der Waals surface area contributed by atoms with Crippen molar-refractivity contribution in [1.29, 1.82) is 0 Å². The molecule has 22 heavy (non-hydrogen) atoms. The standard InChI is InChI=1S/C18H14N2O2/c21-16-12-11-15(13-7-3-1-4-8-13)18(22)17(16)20-19-14-9-5-2-6-10-14/h1-12,15,19H. The maximum Gasteiger partial charge on any atom is 0.209 e. The number of hydrazone groups is 1. The van der Waals surface area contributed by atoms with E-state index in [1.807, 2.05) is 60.7 Å². The number of nitrogens with zero attached hydrogens (tertiary/aromatic N) is 1. The maximum absolute atomic E-state index is 12.5. The number of hydrogen-bond donors (Lipinski definition) is 1. The molecule has 0 saturated heterocycles. The average molecular weight is 290 g/mol. The Morgan fingerprint density at radius 3 is 2.18 bits per heavy atom. The highest BCUT2D eigenvalue weighted by Crippen LogP contribution is 2.22. The lowest BCUT2D eigenvalue weighted by atomic mass is 9.86. The molecule has 0 aromatic heterocycles. The predicted molar refractivity (Wildman–Crippen MR) is 85.8 cm³/mol. The van der Waals surface area contributed by atoms with Gasteiger partial charge in [0.15, 0.2) is 11.5 Å². The number of rotatable bonds is 3. The molecule has 0 spiro atoms. The van der Waals surface area contributed by atoms with Gasteiger partial charge >= 0.3 is 0 Å². The molecule has 4 heteroatoms. The molecule has 0 radical (unpaired) electrons. The number of hydrogen-bond acceptors (Lipinski definition) is 4. The van der Waals surface area contributed by atoms with Gasteiger partial charge in [-0.3, -0.25) is 15.0 Å². The summed E-state index contributed by atoms with van der Waals surface area (Å²) >= 11 is 0. The van der Waals surface area contributed by atoms with Gasteiger partial charge in [0, 0.05) is 0 Å². The number of carbonyl (C=O) groups is 2. The molecule has 1 N–H and O–H groups in total. The van der Waals surface area contributed by atoms with Gasteiger partial charge in [0.25, 0.3) is 0 Å². The molecule has 1 aliphatic carbocycles. The first-order valence-corrected chi connectivity index (χ1v) is 6.96. The van der Waals surface area contributed by atoms with Gasteiger partial charge in [-0.1, -0.05) is 54.6 Å². The van der Waals surface area contributed by atoms with Crippen LogP contribution in [0.2, 0.25) is 0 Å². The summed E-state index contributed by atoms with van der Waals surface area (Å²) in [5, 5.41) is 4.01. The summed E-state index contributed by atoms with van der Waals surface area (Å²) in [6.07, 6.45) is 3.03. The first-order chi connectivity index (χ1) is 10.8. The summed E-state index contributed by atoms with van der Waals surface area (Å²) in [7, 11) is 0. The van der Waals surface area contributed by atoms with Gasteiger partial charge in [0.1, 0.15) is 0 Å².